The Morgan fingerprint density at radius 1 is 1.06 bits per heavy atom. The highest BCUT2D eigenvalue weighted by Crippen LogP contribution is 2.27. The highest BCUT2D eigenvalue weighted by molar-refractivity contribution is 7.89. The Bertz CT molecular complexity index is 1030. The third-order valence-corrected chi connectivity index (χ3v) is 7.66. The first-order valence-electron chi connectivity index (χ1n) is 10.7. The van der Waals surface area contributed by atoms with Gasteiger partial charge >= 0.3 is 0 Å². The average molecular weight is 476 g/mol. The standard InChI is InChI=1S/C23H29N3O4S2/c1-3-30-20-13-9-17(10-14-20)22(27)25-23(31)24-18-11-15-21(16-12-18)32(28,29)26(2)19-7-5-4-6-8-19/h9-16,19H,3-8H2,1-2H3,(H2,24,25,27,31). The number of carbonyl (C=O) groups is 1. The molecular formula is C23H29N3O4S2. The quantitative estimate of drug-likeness (QED) is 0.585. The molecule has 172 valence electrons. The lowest BCUT2D eigenvalue weighted by Gasteiger charge is -2.30. The van der Waals surface area contributed by atoms with Gasteiger partial charge in [0, 0.05) is 24.3 Å². The summed E-state index contributed by atoms with van der Waals surface area (Å²) in [6.07, 6.45) is 5.09. The number of hydrogen-bond donors (Lipinski definition) is 2. The number of nitrogens with one attached hydrogen (secondary N) is 2. The molecule has 9 heteroatoms. The normalized spacial score (nSPS) is 14.7. The molecule has 2 aromatic rings. The summed E-state index contributed by atoms with van der Waals surface area (Å²) in [6, 6.07) is 13.2. The number of rotatable bonds is 7. The fraction of sp³-hybridized carbons (Fsp3) is 0.391. The lowest BCUT2D eigenvalue weighted by molar-refractivity contribution is 0.0977. The second-order valence-corrected chi connectivity index (χ2v) is 10.1. The molecule has 2 aromatic carbocycles. The zero-order valence-electron chi connectivity index (χ0n) is 18.3. The third kappa shape index (κ3) is 6.05. The van der Waals surface area contributed by atoms with Gasteiger partial charge < -0.3 is 10.1 Å². The van der Waals surface area contributed by atoms with Crippen LogP contribution < -0.4 is 15.4 Å². The number of anilines is 1. The Morgan fingerprint density at radius 2 is 1.69 bits per heavy atom. The summed E-state index contributed by atoms with van der Waals surface area (Å²) < 4.78 is 32.8. The first-order chi connectivity index (χ1) is 15.3. The third-order valence-electron chi connectivity index (χ3n) is 5.53. The van der Waals surface area contributed by atoms with E-state index in [1.807, 2.05) is 6.92 Å². The summed E-state index contributed by atoms with van der Waals surface area (Å²) in [6.45, 7) is 2.44. The minimum absolute atomic E-state index is 0.0527. The summed E-state index contributed by atoms with van der Waals surface area (Å²) in [5.41, 5.74) is 1.03. The molecule has 0 heterocycles. The molecule has 1 amide bonds. The highest BCUT2D eigenvalue weighted by atomic mass is 32.2. The van der Waals surface area contributed by atoms with Crippen molar-refractivity contribution in [3.05, 3.63) is 54.1 Å². The molecule has 0 aliphatic heterocycles. The second-order valence-electron chi connectivity index (χ2n) is 7.70. The minimum atomic E-state index is -3.55. The van der Waals surface area contributed by atoms with Crippen molar-refractivity contribution in [2.75, 3.05) is 19.0 Å². The van der Waals surface area contributed by atoms with Gasteiger partial charge in [-0.25, -0.2) is 8.42 Å². The number of hydrogen-bond acceptors (Lipinski definition) is 5. The van der Waals surface area contributed by atoms with Gasteiger partial charge in [0.2, 0.25) is 10.0 Å². The van der Waals surface area contributed by atoms with Gasteiger partial charge in [0.25, 0.3) is 5.91 Å². The predicted molar refractivity (Wildman–Crippen MR) is 130 cm³/mol. The Balaban J connectivity index is 1.58. The summed E-state index contributed by atoms with van der Waals surface area (Å²) >= 11 is 5.22. The van der Waals surface area contributed by atoms with Gasteiger partial charge in [-0.1, -0.05) is 19.3 Å². The van der Waals surface area contributed by atoms with Gasteiger partial charge in [0.1, 0.15) is 5.75 Å². The van der Waals surface area contributed by atoms with E-state index in [2.05, 4.69) is 10.6 Å². The number of amides is 1. The first kappa shape index (κ1) is 24.2. The van der Waals surface area contributed by atoms with E-state index in [9.17, 15) is 13.2 Å². The van der Waals surface area contributed by atoms with E-state index in [0.29, 0.717) is 23.6 Å². The lowest BCUT2D eigenvalue weighted by atomic mass is 9.96. The van der Waals surface area contributed by atoms with Crippen LogP contribution in [0.5, 0.6) is 5.75 Å². The Morgan fingerprint density at radius 3 is 2.28 bits per heavy atom. The maximum absolute atomic E-state index is 12.9. The van der Waals surface area contributed by atoms with Gasteiger partial charge in [-0.05, 0) is 80.5 Å². The van der Waals surface area contributed by atoms with Crippen LogP contribution >= 0.6 is 12.2 Å². The number of ether oxygens (including phenoxy) is 1. The van der Waals surface area contributed by atoms with Gasteiger partial charge in [-0.3, -0.25) is 10.1 Å². The molecule has 0 aromatic heterocycles. The van der Waals surface area contributed by atoms with Gasteiger partial charge in [-0.2, -0.15) is 4.31 Å². The molecule has 1 aliphatic rings. The topological polar surface area (TPSA) is 87.7 Å². The minimum Gasteiger partial charge on any atom is -0.494 e. The van der Waals surface area contributed by atoms with Gasteiger partial charge in [0.15, 0.2) is 5.11 Å². The number of nitrogens with zero attached hydrogens (tertiary/aromatic N) is 1. The van der Waals surface area contributed by atoms with E-state index < -0.39 is 10.0 Å². The second kappa shape index (κ2) is 10.9. The predicted octanol–water partition coefficient (Wildman–Crippen LogP) is 4.17. The van der Waals surface area contributed by atoms with Crippen molar-refractivity contribution in [1.29, 1.82) is 0 Å². The molecule has 0 unspecified atom stereocenters. The first-order valence-corrected chi connectivity index (χ1v) is 12.6. The fourth-order valence-corrected chi connectivity index (χ4v) is 5.35. The van der Waals surface area contributed by atoms with Crippen LogP contribution in [0.2, 0.25) is 0 Å². The van der Waals surface area contributed by atoms with Crippen molar-refractivity contribution < 1.29 is 17.9 Å². The number of benzene rings is 2. The fourth-order valence-electron chi connectivity index (χ4n) is 3.72. The van der Waals surface area contributed by atoms with Crippen LogP contribution in [-0.4, -0.2) is 43.4 Å². The molecule has 0 atom stereocenters. The van der Waals surface area contributed by atoms with E-state index in [1.54, 1.807) is 55.6 Å². The van der Waals surface area contributed by atoms with E-state index in [-0.39, 0.29) is 22.0 Å². The molecule has 1 saturated carbocycles. The van der Waals surface area contributed by atoms with Crippen LogP contribution in [0, 0.1) is 0 Å². The molecule has 1 aliphatic carbocycles. The van der Waals surface area contributed by atoms with Crippen LogP contribution in [-0.2, 0) is 10.0 Å². The average Bonchev–Trinajstić information content (AvgIpc) is 2.80. The lowest BCUT2D eigenvalue weighted by Crippen LogP contribution is -2.38. The zero-order chi connectivity index (χ0) is 23.1. The van der Waals surface area contributed by atoms with Gasteiger partial charge in [-0.15, -0.1) is 0 Å². The number of thiocarbonyl (C=S) groups is 1. The maximum Gasteiger partial charge on any atom is 0.257 e. The van der Waals surface area contributed by atoms with Crippen LogP contribution in [0.25, 0.3) is 0 Å². The molecule has 3 rings (SSSR count). The molecular weight excluding hydrogens is 446 g/mol. The summed E-state index contributed by atoms with van der Waals surface area (Å²) in [5, 5.41) is 5.65. The van der Waals surface area contributed by atoms with Crippen molar-refractivity contribution in [2.45, 2.75) is 50.0 Å². The zero-order valence-corrected chi connectivity index (χ0v) is 20.0. The largest absolute Gasteiger partial charge is 0.494 e. The van der Waals surface area contributed by atoms with Crippen molar-refractivity contribution in [3.8, 4) is 5.75 Å². The van der Waals surface area contributed by atoms with E-state index in [0.717, 1.165) is 25.7 Å². The maximum atomic E-state index is 12.9. The molecule has 0 saturated heterocycles. The smallest absolute Gasteiger partial charge is 0.257 e. The van der Waals surface area contributed by atoms with Crippen molar-refractivity contribution in [2.24, 2.45) is 0 Å². The van der Waals surface area contributed by atoms with Crippen molar-refractivity contribution in [3.63, 3.8) is 0 Å². The number of sulfonamides is 1. The van der Waals surface area contributed by atoms with Crippen LogP contribution in [0.15, 0.2) is 53.4 Å². The molecule has 32 heavy (non-hydrogen) atoms. The molecule has 7 nitrogen and oxygen atoms in total. The van der Waals surface area contributed by atoms with Crippen molar-refractivity contribution >= 4 is 38.9 Å². The molecule has 0 spiro atoms. The Labute approximate surface area is 195 Å². The Kier molecular flexibility index (Phi) is 8.22. The van der Waals surface area contributed by atoms with E-state index >= 15 is 0 Å². The summed E-state index contributed by atoms with van der Waals surface area (Å²) in [5.74, 6) is 0.341. The highest BCUT2D eigenvalue weighted by Gasteiger charge is 2.28. The van der Waals surface area contributed by atoms with Crippen LogP contribution in [0.1, 0.15) is 49.4 Å². The van der Waals surface area contributed by atoms with E-state index in [4.69, 9.17) is 17.0 Å². The Hall–Kier alpha value is -2.49. The van der Waals surface area contributed by atoms with Crippen molar-refractivity contribution in [1.82, 2.24) is 9.62 Å². The summed E-state index contributed by atoms with van der Waals surface area (Å²) in [7, 11) is -1.90. The monoisotopic (exact) mass is 475 g/mol. The molecule has 2 N–H and O–H groups in total. The van der Waals surface area contributed by atoms with Crippen LogP contribution in [0.4, 0.5) is 5.69 Å². The number of carbonyl (C=O) groups excluding carboxylic acids is 1. The molecule has 0 radical (unpaired) electrons. The molecule has 1 fully saturated rings. The summed E-state index contributed by atoms with van der Waals surface area (Å²) in [4.78, 5) is 12.6. The SMILES string of the molecule is CCOc1ccc(C(=O)NC(=S)Nc2ccc(S(=O)(=O)N(C)C3CCCCC3)cc2)cc1. The van der Waals surface area contributed by atoms with Crippen LogP contribution in [0.3, 0.4) is 0 Å². The van der Waals surface area contributed by atoms with E-state index in [1.165, 1.54) is 10.7 Å². The molecule has 0 bridgehead atoms. The van der Waals surface area contributed by atoms with Gasteiger partial charge in [0.05, 0.1) is 11.5 Å².